The molecule has 3 heteroatoms. The molecule has 0 amide bonds. The van der Waals surface area contributed by atoms with Gasteiger partial charge in [-0.2, -0.15) is 0 Å². The van der Waals surface area contributed by atoms with Crippen molar-refractivity contribution in [3.63, 3.8) is 0 Å². The summed E-state index contributed by atoms with van der Waals surface area (Å²) in [5, 5.41) is 3.56. The molecule has 2 rings (SSSR count). The molecule has 0 unspecified atom stereocenters. The summed E-state index contributed by atoms with van der Waals surface area (Å²) in [5.41, 5.74) is 7.70. The number of anilines is 2. The van der Waals surface area contributed by atoms with E-state index >= 15 is 0 Å². The molecule has 0 radical (unpaired) electrons. The number of hydrogen-bond acceptors (Lipinski definition) is 3. The van der Waals surface area contributed by atoms with Gasteiger partial charge in [0.25, 0.3) is 0 Å². The lowest BCUT2D eigenvalue weighted by atomic mass is 9.83. The van der Waals surface area contributed by atoms with Gasteiger partial charge in [0.05, 0.1) is 17.6 Å². The van der Waals surface area contributed by atoms with Crippen molar-refractivity contribution in [2.75, 3.05) is 11.1 Å². The molecule has 3 nitrogen and oxygen atoms in total. The Labute approximate surface area is 91.1 Å². The molecule has 1 aromatic rings. The monoisotopic (exact) mass is 205 g/mol. The topological polar surface area (TPSA) is 50.9 Å². The third-order valence-corrected chi connectivity index (χ3v) is 3.16. The number of nitrogens with two attached hydrogens (primary N) is 1. The van der Waals surface area contributed by atoms with Crippen LogP contribution in [0.1, 0.15) is 39.0 Å². The standard InChI is InChI=1S/C12H19N3/c1-12(5-3-2-4-6-12)15-11-7-10(13)8-14-9-11/h7-9,15H,2-6,13H2,1H3. The first-order valence-electron chi connectivity index (χ1n) is 5.67. The van der Waals surface area contributed by atoms with Crippen molar-refractivity contribution in [1.29, 1.82) is 0 Å². The second kappa shape index (κ2) is 4.09. The fourth-order valence-electron chi connectivity index (χ4n) is 2.33. The van der Waals surface area contributed by atoms with E-state index in [1.165, 1.54) is 32.1 Å². The van der Waals surface area contributed by atoms with Gasteiger partial charge in [-0.05, 0) is 25.8 Å². The average Bonchev–Trinajstić information content (AvgIpc) is 2.18. The van der Waals surface area contributed by atoms with Crippen molar-refractivity contribution < 1.29 is 0 Å². The summed E-state index contributed by atoms with van der Waals surface area (Å²) >= 11 is 0. The molecule has 0 saturated heterocycles. The number of nitrogens with one attached hydrogen (secondary N) is 1. The Kier molecular flexibility index (Phi) is 2.80. The molecular weight excluding hydrogens is 186 g/mol. The molecule has 1 heterocycles. The SMILES string of the molecule is CC1(Nc2cncc(N)c2)CCCCC1. The molecule has 0 aromatic carbocycles. The third kappa shape index (κ3) is 2.61. The van der Waals surface area contributed by atoms with Crippen molar-refractivity contribution in [1.82, 2.24) is 4.98 Å². The molecule has 0 aliphatic heterocycles. The van der Waals surface area contributed by atoms with Crippen LogP contribution in [0, 0.1) is 0 Å². The summed E-state index contributed by atoms with van der Waals surface area (Å²) < 4.78 is 0. The number of nitrogen functional groups attached to an aromatic ring is 1. The minimum atomic E-state index is 0.230. The van der Waals surface area contributed by atoms with Gasteiger partial charge >= 0.3 is 0 Å². The number of rotatable bonds is 2. The third-order valence-electron chi connectivity index (χ3n) is 3.16. The number of pyridine rings is 1. The van der Waals surface area contributed by atoms with Crippen LogP contribution >= 0.6 is 0 Å². The molecule has 1 saturated carbocycles. The molecule has 1 aliphatic rings. The molecule has 1 fully saturated rings. The number of nitrogens with zero attached hydrogens (tertiary/aromatic N) is 1. The smallest absolute Gasteiger partial charge is 0.0551 e. The highest BCUT2D eigenvalue weighted by molar-refractivity contribution is 5.52. The van der Waals surface area contributed by atoms with Crippen molar-refractivity contribution in [3.05, 3.63) is 18.5 Å². The zero-order chi connectivity index (χ0) is 10.7. The van der Waals surface area contributed by atoms with Gasteiger partial charge in [-0.3, -0.25) is 4.98 Å². The maximum atomic E-state index is 5.70. The minimum Gasteiger partial charge on any atom is -0.397 e. The first-order valence-corrected chi connectivity index (χ1v) is 5.67. The van der Waals surface area contributed by atoms with E-state index in [-0.39, 0.29) is 5.54 Å². The summed E-state index contributed by atoms with van der Waals surface area (Å²) in [6.07, 6.45) is 10.00. The van der Waals surface area contributed by atoms with Gasteiger partial charge in [-0.15, -0.1) is 0 Å². The molecule has 15 heavy (non-hydrogen) atoms. The molecule has 82 valence electrons. The second-order valence-electron chi connectivity index (χ2n) is 4.75. The highest BCUT2D eigenvalue weighted by Gasteiger charge is 2.26. The van der Waals surface area contributed by atoms with Gasteiger partial charge in [-0.25, -0.2) is 0 Å². The zero-order valence-electron chi connectivity index (χ0n) is 9.29. The van der Waals surface area contributed by atoms with Crippen LogP contribution in [0.25, 0.3) is 0 Å². The molecule has 0 atom stereocenters. The van der Waals surface area contributed by atoms with E-state index in [1.807, 2.05) is 12.3 Å². The lowest BCUT2D eigenvalue weighted by Crippen LogP contribution is -2.36. The van der Waals surface area contributed by atoms with Crippen molar-refractivity contribution in [2.24, 2.45) is 0 Å². The Morgan fingerprint density at radius 2 is 2.00 bits per heavy atom. The highest BCUT2D eigenvalue weighted by Crippen LogP contribution is 2.31. The largest absolute Gasteiger partial charge is 0.397 e. The van der Waals surface area contributed by atoms with E-state index in [1.54, 1.807) is 6.20 Å². The van der Waals surface area contributed by atoms with Gasteiger partial charge in [0.2, 0.25) is 0 Å². The molecule has 0 bridgehead atoms. The van der Waals surface area contributed by atoms with Gasteiger partial charge in [0.15, 0.2) is 0 Å². The Morgan fingerprint density at radius 1 is 1.27 bits per heavy atom. The molecule has 1 aliphatic carbocycles. The van der Waals surface area contributed by atoms with Crippen LogP contribution in [0.5, 0.6) is 0 Å². The normalized spacial score (nSPS) is 19.8. The lowest BCUT2D eigenvalue weighted by molar-refractivity contribution is 0.349. The van der Waals surface area contributed by atoms with Crippen LogP contribution in [0.2, 0.25) is 0 Å². The maximum Gasteiger partial charge on any atom is 0.0551 e. The Balaban J connectivity index is 2.06. The second-order valence-corrected chi connectivity index (χ2v) is 4.75. The van der Waals surface area contributed by atoms with Crippen LogP contribution < -0.4 is 11.1 Å². The summed E-state index contributed by atoms with van der Waals surface area (Å²) in [6.45, 7) is 2.29. The van der Waals surface area contributed by atoms with E-state index in [9.17, 15) is 0 Å². The van der Waals surface area contributed by atoms with Gasteiger partial charge in [0.1, 0.15) is 0 Å². The summed E-state index contributed by atoms with van der Waals surface area (Å²) in [4.78, 5) is 4.09. The van der Waals surface area contributed by atoms with Gasteiger partial charge in [-0.1, -0.05) is 19.3 Å². The Hall–Kier alpha value is -1.25. The quantitative estimate of drug-likeness (QED) is 0.780. The highest BCUT2D eigenvalue weighted by atomic mass is 15.0. The average molecular weight is 205 g/mol. The summed E-state index contributed by atoms with van der Waals surface area (Å²) in [5.74, 6) is 0. The fourth-order valence-corrected chi connectivity index (χ4v) is 2.33. The number of hydrogen-bond donors (Lipinski definition) is 2. The van der Waals surface area contributed by atoms with Crippen molar-refractivity contribution >= 4 is 11.4 Å². The van der Waals surface area contributed by atoms with Crippen LogP contribution in [0.3, 0.4) is 0 Å². The van der Waals surface area contributed by atoms with Crippen LogP contribution in [-0.4, -0.2) is 10.5 Å². The summed E-state index contributed by atoms with van der Waals surface area (Å²) in [6, 6.07) is 1.95. The maximum absolute atomic E-state index is 5.70. The molecule has 1 aromatic heterocycles. The lowest BCUT2D eigenvalue weighted by Gasteiger charge is -2.35. The van der Waals surface area contributed by atoms with E-state index in [2.05, 4.69) is 17.2 Å². The van der Waals surface area contributed by atoms with Gasteiger partial charge in [0, 0.05) is 11.7 Å². The molecule has 3 N–H and O–H groups in total. The number of aromatic nitrogens is 1. The zero-order valence-corrected chi connectivity index (χ0v) is 9.29. The molecular formula is C12H19N3. The van der Waals surface area contributed by atoms with E-state index < -0.39 is 0 Å². The minimum absolute atomic E-state index is 0.230. The Morgan fingerprint density at radius 3 is 2.67 bits per heavy atom. The Bertz CT molecular complexity index is 329. The summed E-state index contributed by atoms with van der Waals surface area (Å²) in [7, 11) is 0. The molecule has 0 spiro atoms. The first-order chi connectivity index (χ1) is 7.18. The van der Waals surface area contributed by atoms with E-state index in [4.69, 9.17) is 5.73 Å². The van der Waals surface area contributed by atoms with E-state index in [0.717, 1.165) is 11.4 Å². The van der Waals surface area contributed by atoms with Crippen molar-refractivity contribution in [3.8, 4) is 0 Å². The predicted molar refractivity (Wildman–Crippen MR) is 63.8 cm³/mol. The van der Waals surface area contributed by atoms with E-state index in [0.29, 0.717) is 0 Å². The van der Waals surface area contributed by atoms with Crippen LogP contribution in [0.4, 0.5) is 11.4 Å². The van der Waals surface area contributed by atoms with Crippen LogP contribution in [-0.2, 0) is 0 Å². The van der Waals surface area contributed by atoms with Crippen molar-refractivity contribution in [2.45, 2.75) is 44.6 Å². The fraction of sp³-hybridized carbons (Fsp3) is 0.583. The predicted octanol–water partition coefficient (Wildman–Crippen LogP) is 2.80. The van der Waals surface area contributed by atoms with Gasteiger partial charge < -0.3 is 11.1 Å². The van der Waals surface area contributed by atoms with Crippen LogP contribution in [0.15, 0.2) is 18.5 Å². The first kappa shape index (κ1) is 10.3.